The van der Waals surface area contributed by atoms with Crippen LogP contribution in [0.5, 0.6) is 0 Å². The predicted octanol–water partition coefficient (Wildman–Crippen LogP) is 2.72. The van der Waals surface area contributed by atoms with Gasteiger partial charge in [-0.25, -0.2) is 0 Å². The molecule has 5 heteroatoms. The van der Waals surface area contributed by atoms with Crippen LogP contribution in [0.25, 0.3) is 0 Å². The van der Waals surface area contributed by atoms with Gasteiger partial charge in [0.15, 0.2) is 0 Å². The fourth-order valence-electron chi connectivity index (χ4n) is 3.13. The fourth-order valence-corrected chi connectivity index (χ4v) is 3.13. The molecule has 0 spiro atoms. The van der Waals surface area contributed by atoms with E-state index in [4.69, 9.17) is 14.2 Å². The number of hydrogen-bond donors (Lipinski definition) is 0. The first-order chi connectivity index (χ1) is 12.8. The molecule has 1 fully saturated rings. The number of ketones is 1. The van der Waals surface area contributed by atoms with E-state index >= 15 is 0 Å². The van der Waals surface area contributed by atoms with Gasteiger partial charge in [-0.05, 0) is 0 Å². The Labute approximate surface area is 154 Å². The van der Waals surface area contributed by atoms with Gasteiger partial charge < -0.3 is 14.2 Å². The summed E-state index contributed by atoms with van der Waals surface area (Å²) in [7, 11) is 1.52. The highest BCUT2D eigenvalue weighted by molar-refractivity contribution is 6.02. The highest BCUT2D eigenvalue weighted by Crippen LogP contribution is 2.31. The van der Waals surface area contributed by atoms with Crippen molar-refractivity contribution < 1.29 is 19.0 Å². The van der Waals surface area contributed by atoms with Crippen LogP contribution in [0.3, 0.4) is 0 Å². The quantitative estimate of drug-likeness (QED) is 0.538. The number of hydrogen-bond acceptors (Lipinski definition) is 5. The minimum atomic E-state index is -1.45. The molecule has 0 aliphatic carbocycles. The second kappa shape index (κ2) is 9.05. The monoisotopic (exact) mass is 355 g/mol. The van der Waals surface area contributed by atoms with E-state index in [2.05, 4.69) is 4.90 Å². The maximum absolute atomic E-state index is 13.3. The molecule has 0 N–H and O–H groups in total. The summed E-state index contributed by atoms with van der Waals surface area (Å²) in [5.74, 6) is -1.65. The number of ether oxygens (including phenoxy) is 3. The Kier molecular flexibility index (Phi) is 6.52. The topological polar surface area (TPSA) is 48.0 Å². The number of morpholine rings is 1. The second-order valence-electron chi connectivity index (χ2n) is 6.18. The molecule has 5 nitrogen and oxygen atoms in total. The number of benzene rings is 2. The number of carbonyl (C=O) groups excluding carboxylic acids is 1. The summed E-state index contributed by atoms with van der Waals surface area (Å²) in [5.41, 5.74) is 1.25. The van der Waals surface area contributed by atoms with Crippen LogP contribution in [-0.4, -0.2) is 57.2 Å². The van der Waals surface area contributed by atoms with Crippen LogP contribution in [0.2, 0.25) is 0 Å². The van der Waals surface area contributed by atoms with Crippen molar-refractivity contribution in [3.63, 3.8) is 0 Å². The molecule has 1 atom stereocenters. The van der Waals surface area contributed by atoms with E-state index in [1.54, 1.807) is 12.1 Å². The molecule has 0 saturated carbocycles. The SMILES string of the molecule is COC(OCCN1CCOCC1)(C(=O)c1ccccc1)c1ccccc1. The molecule has 0 radical (unpaired) electrons. The van der Waals surface area contributed by atoms with Gasteiger partial charge in [0.05, 0.1) is 19.8 Å². The fraction of sp³-hybridized carbons (Fsp3) is 0.381. The molecule has 0 amide bonds. The number of methoxy groups -OCH3 is 1. The van der Waals surface area contributed by atoms with Crippen LogP contribution < -0.4 is 0 Å². The third-order valence-corrected chi connectivity index (χ3v) is 4.59. The zero-order valence-electron chi connectivity index (χ0n) is 15.1. The van der Waals surface area contributed by atoms with Crippen molar-refractivity contribution in [2.75, 3.05) is 46.6 Å². The molecule has 2 aromatic rings. The molecule has 1 saturated heterocycles. The van der Waals surface area contributed by atoms with Gasteiger partial charge in [-0.1, -0.05) is 60.7 Å². The average Bonchev–Trinajstić information content (AvgIpc) is 2.73. The van der Waals surface area contributed by atoms with Gasteiger partial charge in [0.1, 0.15) is 0 Å². The van der Waals surface area contributed by atoms with E-state index in [1.165, 1.54) is 7.11 Å². The van der Waals surface area contributed by atoms with Gasteiger partial charge in [-0.2, -0.15) is 0 Å². The van der Waals surface area contributed by atoms with Crippen LogP contribution in [-0.2, 0) is 20.0 Å². The molecule has 2 aromatic carbocycles. The van der Waals surface area contributed by atoms with Crippen molar-refractivity contribution in [2.45, 2.75) is 5.79 Å². The highest BCUT2D eigenvalue weighted by Gasteiger charge is 2.42. The summed E-state index contributed by atoms with van der Waals surface area (Å²) in [6.45, 7) is 4.33. The van der Waals surface area contributed by atoms with Crippen LogP contribution >= 0.6 is 0 Å². The Bertz CT molecular complexity index is 686. The van der Waals surface area contributed by atoms with Crippen LogP contribution in [0, 0.1) is 0 Å². The third kappa shape index (κ3) is 4.19. The first-order valence-corrected chi connectivity index (χ1v) is 8.91. The van der Waals surface area contributed by atoms with E-state index in [0.717, 1.165) is 32.8 Å². The third-order valence-electron chi connectivity index (χ3n) is 4.59. The second-order valence-corrected chi connectivity index (χ2v) is 6.18. The van der Waals surface area contributed by atoms with Crippen molar-refractivity contribution in [3.8, 4) is 0 Å². The number of Topliss-reactive ketones (excluding diaryl/α,β-unsaturated/α-hetero) is 1. The van der Waals surface area contributed by atoms with Crippen LogP contribution in [0.15, 0.2) is 60.7 Å². The zero-order chi connectivity index (χ0) is 18.2. The molecule has 0 aromatic heterocycles. The van der Waals surface area contributed by atoms with Crippen molar-refractivity contribution in [1.29, 1.82) is 0 Å². The zero-order valence-corrected chi connectivity index (χ0v) is 15.1. The summed E-state index contributed by atoms with van der Waals surface area (Å²) >= 11 is 0. The Hall–Kier alpha value is -2.05. The van der Waals surface area contributed by atoms with Gasteiger partial charge in [-0.15, -0.1) is 0 Å². The van der Waals surface area contributed by atoms with Crippen molar-refractivity contribution in [2.24, 2.45) is 0 Å². The van der Waals surface area contributed by atoms with Crippen molar-refractivity contribution in [1.82, 2.24) is 4.90 Å². The van der Waals surface area contributed by atoms with Gasteiger partial charge in [0.2, 0.25) is 5.78 Å². The molecule has 0 bridgehead atoms. The molecular weight excluding hydrogens is 330 g/mol. The first-order valence-electron chi connectivity index (χ1n) is 8.91. The molecule has 1 heterocycles. The summed E-state index contributed by atoms with van der Waals surface area (Å²) in [4.78, 5) is 15.6. The van der Waals surface area contributed by atoms with Crippen LogP contribution in [0.4, 0.5) is 0 Å². The standard InChI is InChI=1S/C21H25NO4/c1-24-21(19-10-6-3-7-11-19,20(23)18-8-4-2-5-9-18)26-17-14-22-12-15-25-16-13-22/h2-11H,12-17H2,1H3. The molecule has 138 valence electrons. The van der Waals surface area contributed by atoms with Gasteiger partial charge in [0.25, 0.3) is 5.79 Å². The van der Waals surface area contributed by atoms with Crippen LogP contribution in [0.1, 0.15) is 15.9 Å². The Morgan fingerprint density at radius 1 is 1.04 bits per heavy atom. The molecule has 1 unspecified atom stereocenters. The maximum Gasteiger partial charge on any atom is 0.261 e. The largest absolute Gasteiger partial charge is 0.379 e. The molecule has 1 aliphatic rings. The van der Waals surface area contributed by atoms with Crippen molar-refractivity contribution >= 4 is 5.78 Å². The van der Waals surface area contributed by atoms with E-state index in [1.807, 2.05) is 48.5 Å². The Balaban J connectivity index is 1.82. The number of nitrogens with zero attached hydrogens (tertiary/aromatic N) is 1. The lowest BCUT2D eigenvalue weighted by Crippen LogP contribution is -2.44. The van der Waals surface area contributed by atoms with E-state index in [0.29, 0.717) is 17.7 Å². The van der Waals surface area contributed by atoms with E-state index in [-0.39, 0.29) is 5.78 Å². The average molecular weight is 355 g/mol. The molecule has 26 heavy (non-hydrogen) atoms. The molecule has 1 aliphatic heterocycles. The smallest absolute Gasteiger partial charge is 0.261 e. The lowest BCUT2D eigenvalue weighted by Gasteiger charge is -2.33. The molecule has 3 rings (SSSR count). The van der Waals surface area contributed by atoms with Gasteiger partial charge in [-0.3, -0.25) is 9.69 Å². The maximum atomic E-state index is 13.3. The predicted molar refractivity (Wildman–Crippen MR) is 99.1 cm³/mol. The summed E-state index contributed by atoms with van der Waals surface area (Å²) in [6.07, 6.45) is 0. The van der Waals surface area contributed by atoms with Crippen molar-refractivity contribution in [3.05, 3.63) is 71.8 Å². The minimum absolute atomic E-state index is 0.200. The number of carbonyl (C=O) groups is 1. The summed E-state index contributed by atoms with van der Waals surface area (Å²) in [6, 6.07) is 18.5. The summed E-state index contributed by atoms with van der Waals surface area (Å²) in [5, 5.41) is 0. The lowest BCUT2D eigenvalue weighted by atomic mass is 9.96. The summed E-state index contributed by atoms with van der Waals surface area (Å²) < 4.78 is 17.2. The minimum Gasteiger partial charge on any atom is -0.379 e. The normalized spacial score (nSPS) is 17.6. The van der Waals surface area contributed by atoms with E-state index in [9.17, 15) is 4.79 Å². The van der Waals surface area contributed by atoms with Gasteiger partial charge in [0, 0.05) is 37.9 Å². The number of rotatable bonds is 8. The lowest BCUT2D eigenvalue weighted by molar-refractivity contribution is -0.196. The Morgan fingerprint density at radius 3 is 2.27 bits per heavy atom. The van der Waals surface area contributed by atoms with E-state index < -0.39 is 5.79 Å². The molecular formula is C21H25NO4. The Morgan fingerprint density at radius 2 is 1.65 bits per heavy atom. The first kappa shape index (κ1) is 18.7. The van der Waals surface area contributed by atoms with Gasteiger partial charge >= 0.3 is 0 Å². The highest BCUT2D eigenvalue weighted by atomic mass is 16.7.